The third-order valence-corrected chi connectivity index (χ3v) is 5.84. The predicted molar refractivity (Wildman–Crippen MR) is 124 cm³/mol. The number of nitrogens with zero attached hydrogens (tertiary/aromatic N) is 4. The maximum absolute atomic E-state index is 13.5. The van der Waals surface area contributed by atoms with Gasteiger partial charge in [-0.3, -0.25) is 9.36 Å². The minimum atomic E-state index is -0.343. The van der Waals surface area contributed by atoms with Crippen LogP contribution in [-0.2, 0) is 6.54 Å². The third kappa shape index (κ3) is 3.74. The van der Waals surface area contributed by atoms with Crippen LogP contribution < -0.4 is 11.2 Å². The molecule has 0 spiro atoms. The van der Waals surface area contributed by atoms with Crippen LogP contribution in [0.25, 0.3) is 16.9 Å². The van der Waals surface area contributed by atoms with Crippen molar-refractivity contribution in [1.82, 2.24) is 18.7 Å². The normalized spacial score (nSPS) is 12.5. The molecule has 0 N–H and O–H groups in total. The van der Waals surface area contributed by atoms with E-state index in [-0.39, 0.29) is 17.3 Å². The summed E-state index contributed by atoms with van der Waals surface area (Å²) < 4.78 is 4.83. The monoisotopic (exact) mass is 416 g/mol. The molecule has 0 saturated carbocycles. The zero-order chi connectivity index (χ0) is 22.1. The first-order valence-corrected chi connectivity index (χ1v) is 10.7. The Morgan fingerprint density at radius 2 is 1.61 bits per heavy atom. The lowest BCUT2D eigenvalue weighted by Gasteiger charge is -2.17. The third-order valence-electron chi connectivity index (χ3n) is 5.84. The summed E-state index contributed by atoms with van der Waals surface area (Å²) in [6, 6.07) is 17.6. The SMILES string of the molecule is Cc1ccccc1-n1c(=O)n(CCC(C)C)c(=O)c2c1ncn2C(C)c1ccccc1. The summed E-state index contributed by atoms with van der Waals surface area (Å²) in [5.74, 6) is 0.377. The summed E-state index contributed by atoms with van der Waals surface area (Å²) in [5, 5.41) is 0. The number of hydrogen-bond acceptors (Lipinski definition) is 3. The van der Waals surface area contributed by atoms with Crippen molar-refractivity contribution >= 4 is 11.2 Å². The van der Waals surface area contributed by atoms with E-state index in [0.29, 0.717) is 23.6 Å². The molecule has 0 bridgehead atoms. The second kappa shape index (κ2) is 8.38. The van der Waals surface area contributed by atoms with Crippen LogP contribution >= 0.6 is 0 Å². The molecule has 0 fully saturated rings. The van der Waals surface area contributed by atoms with Crippen LogP contribution in [0.5, 0.6) is 0 Å². The number of aryl methyl sites for hydroxylation is 1. The topological polar surface area (TPSA) is 61.8 Å². The Hall–Kier alpha value is -3.41. The average Bonchev–Trinajstić information content (AvgIpc) is 3.20. The Morgan fingerprint density at radius 3 is 2.29 bits per heavy atom. The van der Waals surface area contributed by atoms with E-state index in [2.05, 4.69) is 18.8 Å². The number of fused-ring (bicyclic) bond motifs is 1. The van der Waals surface area contributed by atoms with Crippen molar-refractivity contribution in [3.05, 3.63) is 92.9 Å². The number of imidazole rings is 1. The molecule has 2 aromatic carbocycles. The summed E-state index contributed by atoms with van der Waals surface area (Å²) >= 11 is 0. The van der Waals surface area contributed by atoms with Gasteiger partial charge in [0.2, 0.25) is 0 Å². The van der Waals surface area contributed by atoms with Gasteiger partial charge < -0.3 is 4.57 Å². The van der Waals surface area contributed by atoms with Crippen molar-refractivity contribution in [1.29, 1.82) is 0 Å². The van der Waals surface area contributed by atoms with Crippen LogP contribution in [0.15, 0.2) is 70.5 Å². The molecule has 0 amide bonds. The Morgan fingerprint density at radius 1 is 0.935 bits per heavy atom. The Balaban J connectivity index is 2.03. The quantitative estimate of drug-likeness (QED) is 0.470. The first-order valence-electron chi connectivity index (χ1n) is 10.7. The zero-order valence-corrected chi connectivity index (χ0v) is 18.4. The van der Waals surface area contributed by atoms with Gasteiger partial charge in [-0.15, -0.1) is 0 Å². The van der Waals surface area contributed by atoms with E-state index in [9.17, 15) is 9.59 Å². The van der Waals surface area contributed by atoms with Gasteiger partial charge in [0.25, 0.3) is 5.56 Å². The van der Waals surface area contributed by atoms with Crippen LogP contribution in [0.1, 0.15) is 44.4 Å². The van der Waals surface area contributed by atoms with E-state index < -0.39 is 0 Å². The molecule has 6 heteroatoms. The lowest BCUT2D eigenvalue weighted by Crippen LogP contribution is -2.40. The Bertz CT molecular complexity index is 1330. The number of benzene rings is 2. The molecule has 0 aliphatic heterocycles. The van der Waals surface area contributed by atoms with Gasteiger partial charge in [-0.25, -0.2) is 14.3 Å². The molecule has 4 aromatic rings. The van der Waals surface area contributed by atoms with Crippen LogP contribution in [0.4, 0.5) is 0 Å². The van der Waals surface area contributed by atoms with Gasteiger partial charge >= 0.3 is 5.69 Å². The van der Waals surface area contributed by atoms with Gasteiger partial charge in [0, 0.05) is 6.54 Å². The van der Waals surface area contributed by atoms with Crippen LogP contribution in [-0.4, -0.2) is 18.7 Å². The van der Waals surface area contributed by atoms with E-state index in [0.717, 1.165) is 23.2 Å². The van der Waals surface area contributed by atoms with Crippen molar-refractivity contribution in [2.24, 2.45) is 5.92 Å². The second-order valence-electron chi connectivity index (χ2n) is 8.45. The van der Waals surface area contributed by atoms with Crippen molar-refractivity contribution in [3.8, 4) is 5.69 Å². The molecular formula is C25H28N4O2. The first-order chi connectivity index (χ1) is 14.9. The molecule has 0 aliphatic carbocycles. The molecule has 0 saturated heterocycles. The Kier molecular flexibility index (Phi) is 5.63. The highest BCUT2D eigenvalue weighted by Crippen LogP contribution is 2.23. The average molecular weight is 417 g/mol. The van der Waals surface area contributed by atoms with Gasteiger partial charge in [0.1, 0.15) is 0 Å². The van der Waals surface area contributed by atoms with Gasteiger partial charge in [0.05, 0.1) is 18.1 Å². The van der Waals surface area contributed by atoms with Gasteiger partial charge in [-0.1, -0.05) is 62.4 Å². The highest BCUT2D eigenvalue weighted by Gasteiger charge is 2.22. The lowest BCUT2D eigenvalue weighted by atomic mass is 10.1. The van der Waals surface area contributed by atoms with E-state index in [1.165, 1.54) is 4.57 Å². The van der Waals surface area contributed by atoms with E-state index >= 15 is 0 Å². The molecule has 4 rings (SSSR count). The smallest absolute Gasteiger partial charge is 0.317 e. The summed E-state index contributed by atoms with van der Waals surface area (Å²) in [7, 11) is 0. The van der Waals surface area contributed by atoms with Crippen molar-refractivity contribution < 1.29 is 0 Å². The molecule has 1 unspecified atom stereocenters. The van der Waals surface area contributed by atoms with E-state index in [1.54, 1.807) is 10.9 Å². The number of hydrogen-bond donors (Lipinski definition) is 0. The maximum atomic E-state index is 13.5. The number of para-hydroxylation sites is 1. The summed E-state index contributed by atoms with van der Waals surface area (Å²) in [6.07, 6.45) is 2.42. The van der Waals surface area contributed by atoms with Crippen molar-refractivity contribution in [2.75, 3.05) is 0 Å². The highest BCUT2D eigenvalue weighted by molar-refractivity contribution is 5.73. The fourth-order valence-electron chi connectivity index (χ4n) is 3.95. The standard InChI is InChI=1S/C25H28N4O2/c1-17(2)14-15-27-24(30)22-23(29(25(27)31)21-13-9-8-10-18(21)3)26-16-28(22)19(4)20-11-6-5-7-12-20/h5-13,16-17,19H,14-15H2,1-4H3. The van der Waals surface area contributed by atoms with E-state index in [1.807, 2.05) is 73.0 Å². The second-order valence-corrected chi connectivity index (χ2v) is 8.45. The molecule has 2 heterocycles. The lowest BCUT2D eigenvalue weighted by molar-refractivity contribution is 0.491. The summed E-state index contributed by atoms with van der Waals surface area (Å²) in [5.41, 5.74) is 2.98. The molecule has 2 aromatic heterocycles. The van der Waals surface area contributed by atoms with Crippen molar-refractivity contribution in [2.45, 2.75) is 46.7 Å². The molecular weight excluding hydrogens is 388 g/mol. The highest BCUT2D eigenvalue weighted by atomic mass is 16.2. The minimum absolute atomic E-state index is 0.0970. The molecule has 31 heavy (non-hydrogen) atoms. The summed E-state index contributed by atoms with van der Waals surface area (Å²) in [4.78, 5) is 31.6. The van der Waals surface area contributed by atoms with Crippen LogP contribution in [0.3, 0.4) is 0 Å². The van der Waals surface area contributed by atoms with Crippen molar-refractivity contribution in [3.63, 3.8) is 0 Å². The van der Waals surface area contributed by atoms with E-state index in [4.69, 9.17) is 0 Å². The molecule has 6 nitrogen and oxygen atoms in total. The van der Waals surface area contributed by atoms with Crippen LogP contribution in [0.2, 0.25) is 0 Å². The van der Waals surface area contributed by atoms with Crippen LogP contribution in [0, 0.1) is 12.8 Å². The molecule has 160 valence electrons. The molecule has 0 aliphatic rings. The van der Waals surface area contributed by atoms with Gasteiger partial charge in [0.15, 0.2) is 11.2 Å². The minimum Gasteiger partial charge on any atom is -0.317 e. The van der Waals surface area contributed by atoms with Gasteiger partial charge in [-0.2, -0.15) is 0 Å². The predicted octanol–water partition coefficient (Wildman–Crippen LogP) is 4.31. The Labute approximate surface area is 181 Å². The number of aromatic nitrogens is 4. The fraction of sp³-hybridized carbons (Fsp3) is 0.320. The summed E-state index contributed by atoms with van der Waals surface area (Å²) in [6.45, 7) is 8.55. The largest absolute Gasteiger partial charge is 0.337 e. The zero-order valence-electron chi connectivity index (χ0n) is 18.4. The molecule has 1 atom stereocenters. The molecule has 0 radical (unpaired) electrons. The number of rotatable bonds is 6. The fourth-order valence-corrected chi connectivity index (χ4v) is 3.95. The van der Waals surface area contributed by atoms with Gasteiger partial charge in [-0.05, 0) is 43.4 Å². The first kappa shape index (κ1) is 20.8. The maximum Gasteiger partial charge on any atom is 0.337 e.